The van der Waals surface area contributed by atoms with Crippen molar-refractivity contribution < 1.29 is 13.9 Å². The first-order valence-corrected chi connectivity index (χ1v) is 3.74. The number of alkyl halides is 1. The van der Waals surface area contributed by atoms with Crippen molar-refractivity contribution in [1.29, 1.82) is 0 Å². The lowest BCUT2D eigenvalue weighted by Gasteiger charge is -2.22. The van der Waals surface area contributed by atoms with Gasteiger partial charge in [-0.3, -0.25) is 0 Å². The van der Waals surface area contributed by atoms with E-state index < -0.39 is 18.2 Å². The molecule has 0 saturated heterocycles. The van der Waals surface area contributed by atoms with Crippen molar-refractivity contribution >= 4 is 30.8 Å². The lowest BCUT2D eigenvalue weighted by atomic mass is 9.96. The van der Waals surface area contributed by atoms with Crippen LogP contribution in [-0.2, 0) is 9.53 Å². The van der Waals surface area contributed by atoms with Gasteiger partial charge in [-0.25, -0.2) is 9.18 Å². The summed E-state index contributed by atoms with van der Waals surface area (Å²) in [6.07, 6.45) is 0.724. The zero-order chi connectivity index (χ0) is 9.61. The highest BCUT2D eigenvalue weighted by molar-refractivity contribution is 5.85. The molecule has 1 unspecified atom stereocenters. The maximum atomic E-state index is 12.3. The standard InChI is InChI=1S/C7H15FN2O2.2ClH/c1-12-6(11)7(10,5-8)3-2-4-9;;/h2-5,9-10H2,1H3;2*1H. The minimum absolute atomic E-state index is 0. The van der Waals surface area contributed by atoms with Crippen LogP contribution < -0.4 is 11.5 Å². The summed E-state index contributed by atoms with van der Waals surface area (Å²) < 4.78 is 16.7. The first kappa shape index (κ1) is 19.5. The van der Waals surface area contributed by atoms with Crippen molar-refractivity contribution in [2.45, 2.75) is 18.4 Å². The summed E-state index contributed by atoms with van der Waals surface area (Å²) in [6.45, 7) is -0.532. The van der Waals surface area contributed by atoms with Gasteiger partial charge in [0.15, 0.2) is 0 Å². The van der Waals surface area contributed by atoms with E-state index in [2.05, 4.69) is 4.74 Å². The van der Waals surface area contributed by atoms with Crippen LogP contribution in [0.15, 0.2) is 0 Å². The predicted molar refractivity (Wildman–Crippen MR) is 57.7 cm³/mol. The van der Waals surface area contributed by atoms with E-state index in [1.54, 1.807) is 0 Å². The molecule has 0 radical (unpaired) electrons. The number of carbonyl (C=O) groups is 1. The third-order valence-electron chi connectivity index (χ3n) is 1.66. The highest BCUT2D eigenvalue weighted by atomic mass is 35.5. The summed E-state index contributed by atoms with van der Waals surface area (Å²) in [4.78, 5) is 10.9. The zero-order valence-electron chi connectivity index (χ0n) is 7.99. The first-order chi connectivity index (χ1) is 5.60. The zero-order valence-corrected chi connectivity index (χ0v) is 9.63. The monoisotopic (exact) mass is 250 g/mol. The molecule has 88 valence electrons. The second-order valence-corrected chi connectivity index (χ2v) is 2.67. The van der Waals surface area contributed by atoms with Crippen molar-refractivity contribution in [2.24, 2.45) is 11.5 Å². The molecule has 7 heteroatoms. The van der Waals surface area contributed by atoms with E-state index in [-0.39, 0.29) is 31.2 Å². The van der Waals surface area contributed by atoms with Crippen molar-refractivity contribution in [3.8, 4) is 0 Å². The van der Waals surface area contributed by atoms with Crippen LogP contribution in [-0.4, -0.2) is 31.8 Å². The number of nitrogens with two attached hydrogens (primary N) is 2. The molecule has 0 heterocycles. The Morgan fingerprint density at radius 3 is 2.29 bits per heavy atom. The lowest BCUT2D eigenvalue weighted by molar-refractivity contribution is -0.148. The Morgan fingerprint density at radius 1 is 1.50 bits per heavy atom. The number of esters is 1. The summed E-state index contributed by atoms with van der Waals surface area (Å²) in [5, 5.41) is 0. The van der Waals surface area contributed by atoms with Crippen LogP contribution in [0.25, 0.3) is 0 Å². The van der Waals surface area contributed by atoms with Gasteiger partial charge < -0.3 is 16.2 Å². The third-order valence-corrected chi connectivity index (χ3v) is 1.66. The molecule has 0 fully saturated rings. The molecular weight excluding hydrogens is 234 g/mol. The number of carbonyl (C=O) groups excluding carboxylic acids is 1. The van der Waals surface area contributed by atoms with Gasteiger partial charge in [0.05, 0.1) is 7.11 Å². The summed E-state index contributed by atoms with van der Waals surface area (Å²) in [7, 11) is 1.18. The molecule has 4 nitrogen and oxygen atoms in total. The van der Waals surface area contributed by atoms with Crippen LogP contribution in [0.1, 0.15) is 12.8 Å². The van der Waals surface area contributed by atoms with Gasteiger partial charge >= 0.3 is 5.97 Å². The summed E-state index contributed by atoms with van der Waals surface area (Å²) >= 11 is 0. The smallest absolute Gasteiger partial charge is 0.328 e. The van der Waals surface area contributed by atoms with E-state index in [0.29, 0.717) is 13.0 Å². The number of hydrogen-bond donors (Lipinski definition) is 2. The van der Waals surface area contributed by atoms with E-state index in [9.17, 15) is 9.18 Å². The number of halogens is 3. The quantitative estimate of drug-likeness (QED) is 0.693. The Hall–Kier alpha value is -0.100. The maximum absolute atomic E-state index is 12.3. The predicted octanol–water partition coefficient (Wildman–Crippen LogP) is 0.409. The highest BCUT2D eigenvalue weighted by Crippen LogP contribution is 2.11. The molecule has 14 heavy (non-hydrogen) atoms. The van der Waals surface area contributed by atoms with Crippen molar-refractivity contribution in [1.82, 2.24) is 0 Å². The van der Waals surface area contributed by atoms with Gasteiger partial charge in [-0.1, -0.05) is 0 Å². The Kier molecular flexibility index (Phi) is 13.1. The van der Waals surface area contributed by atoms with Crippen LogP contribution in [0.3, 0.4) is 0 Å². The SMILES string of the molecule is COC(=O)C(N)(CF)CCCN.Cl.Cl. The molecule has 0 saturated carbocycles. The van der Waals surface area contributed by atoms with Gasteiger partial charge in [-0.05, 0) is 19.4 Å². The van der Waals surface area contributed by atoms with Crippen LogP contribution in [0, 0.1) is 0 Å². The fraction of sp³-hybridized carbons (Fsp3) is 0.857. The molecule has 0 aliphatic heterocycles. The van der Waals surface area contributed by atoms with Crippen LogP contribution in [0.4, 0.5) is 4.39 Å². The minimum atomic E-state index is -1.51. The van der Waals surface area contributed by atoms with E-state index in [4.69, 9.17) is 11.5 Å². The molecule has 0 amide bonds. The molecule has 0 spiro atoms. The molecule has 0 aliphatic carbocycles. The molecule has 0 rings (SSSR count). The van der Waals surface area contributed by atoms with E-state index in [1.165, 1.54) is 7.11 Å². The second-order valence-electron chi connectivity index (χ2n) is 2.67. The molecular formula is C7H17Cl2FN2O2. The third kappa shape index (κ3) is 5.59. The Morgan fingerprint density at radius 2 is 2.00 bits per heavy atom. The van der Waals surface area contributed by atoms with Gasteiger partial charge in [0.2, 0.25) is 0 Å². The molecule has 0 bridgehead atoms. The van der Waals surface area contributed by atoms with E-state index >= 15 is 0 Å². The summed E-state index contributed by atoms with van der Waals surface area (Å²) in [5.41, 5.74) is 9.13. The van der Waals surface area contributed by atoms with Gasteiger partial charge in [-0.15, -0.1) is 24.8 Å². The van der Waals surface area contributed by atoms with E-state index in [1.807, 2.05) is 0 Å². The Balaban J connectivity index is -0.000000605. The molecule has 0 aliphatic rings. The molecule has 0 aromatic carbocycles. The highest BCUT2D eigenvalue weighted by Gasteiger charge is 2.34. The number of rotatable bonds is 5. The maximum Gasteiger partial charge on any atom is 0.328 e. The molecule has 0 aromatic rings. The number of hydrogen-bond acceptors (Lipinski definition) is 4. The van der Waals surface area contributed by atoms with Crippen molar-refractivity contribution in [3.63, 3.8) is 0 Å². The van der Waals surface area contributed by atoms with E-state index in [0.717, 1.165) is 0 Å². The average Bonchev–Trinajstić information content (AvgIpc) is 2.12. The Bertz CT molecular complexity index is 163. The first-order valence-electron chi connectivity index (χ1n) is 3.74. The number of ether oxygens (including phenoxy) is 1. The van der Waals surface area contributed by atoms with Crippen LogP contribution in [0.5, 0.6) is 0 Å². The van der Waals surface area contributed by atoms with Gasteiger partial charge in [-0.2, -0.15) is 0 Å². The van der Waals surface area contributed by atoms with Gasteiger partial charge in [0, 0.05) is 0 Å². The summed E-state index contributed by atoms with van der Waals surface area (Å²) in [6, 6.07) is 0. The molecule has 1 atom stereocenters. The number of methoxy groups -OCH3 is 1. The minimum Gasteiger partial charge on any atom is -0.468 e. The normalized spacial score (nSPS) is 13.1. The van der Waals surface area contributed by atoms with Crippen molar-refractivity contribution in [2.75, 3.05) is 20.3 Å². The lowest BCUT2D eigenvalue weighted by Crippen LogP contribution is -2.51. The van der Waals surface area contributed by atoms with Crippen molar-refractivity contribution in [3.05, 3.63) is 0 Å². The average molecular weight is 251 g/mol. The van der Waals surface area contributed by atoms with Gasteiger partial charge in [0.25, 0.3) is 0 Å². The van der Waals surface area contributed by atoms with Gasteiger partial charge in [0.1, 0.15) is 12.2 Å². The Labute approximate surface area is 95.4 Å². The summed E-state index contributed by atoms with van der Waals surface area (Å²) in [5.74, 6) is -0.724. The fourth-order valence-electron chi connectivity index (χ4n) is 0.844. The molecule has 0 aromatic heterocycles. The largest absolute Gasteiger partial charge is 0.468 e. The molecule has 4 N–H and O–H groups in total. The second kappa shape index (κ2) is 9.45. The van der Waals surface area contributed by atoms with Crippen LogP contribution in [0.2, 0.25) is 0 Å². The topological polar surface area (TPSA) is 78.3 Å². The van der Waals surface area contributed by atoms with Crippen LogP contribution >= 0.6 is 24.8 Å². The fourth-order valence-corrected chi connectivity index (χ4v) is 0.844.